The molecule has 2 heterocycles. The molecule has 4 rings (SSSR count). The van der Waals surface area contributed by atoms with Crippen molar-refractivity contribution < 1.29 is 32.5 Å². The highest BCUT2D eigenvalue weighted by Crippen LogP contribution is 2.40. The van der Waals surface area contributed by atoms with Gasteiger partial charge in [-0.15, -0.1) is 11.8 Å². The van der Waals surface area contributed by atoms with Crippen LogP contribution in [0.5, 0.6) is 5.75 Å². The van der Waals surface area contributed by atoms with Gasteiger partial charge in [-0.1, -0.05) is 0 Å². The maximum absolute atomic E-state index is 13.8. The van der Waals surface area contributed by atoms with Crippen LogP contribution >= 0.6 is 11.8 Å². The molecular weight excluding hydrogens is 520 g/mol. The molecule has 10 heteroatoms. The summed E-state index contributed by atoms with van der Waals surface area (Å²) in [4.78, 5) is 6.87. The van der Waals surface area contributed by atoms with Gasteiger partial charge < -0.3 is 19.8 Å². The fraction of sp³-hybridized carbons (Fsp3) is 0.464. The van der Waals surface area contributed by atoms with Crippen molar-refractivity contribution >= 4 is 22.7 Å². The molecule has 2 aromatic carbocycles. The number of alkyl halides is 1. The molecule has 1 aliphatic heterocycles. The van der Waals surface area contributed by atoms with Gasteiger partial charge in [-0.2, -0.15) is 0 Å². The van der Waals surface area contributed by atoms with Gasteiger partial charge in [0.05, 0.1) is 18.7 Å². The van der Waals surface area contributed by atoms with Gasteiger partial charge in [-0.25, -0.2) is 17.6 Å². The second-order valence-corrected chi connectivity index (χ2v) is 11.0. The molecule has 38 heavy (non-hydrogen) atoms. The number of ether oxygens (including phenoxy) is 1. The molecule has 0 bridgehead atoms. The highest BCUT2D eigenvalue weighted by molar-refractivity contribution is 7.99. The molecule has 0 spiro atoms. The third-order valence-corrected chi connectivity index (χ3v) is 8.47. The predicted molar refractivity (Wildman–Crippen MR) is 140 cm³/mol. The Hall–Kier alpha value is -2.40. The molecule has 1 atom stereocenters. The number of rotatable bonds is 11. The Kier molecular flexibility index (Phi) is 9.51. The summed E-state index contributed by atoms with van der Waals surface area (Å²) in [6.07, 6.45) is 2.92. The number of pyridine rings is 1. The number of aliphatic hydroxyl groups is 2. The highest BCUT2D eigenvalue weighted by atomic mass is 32.2. The summed E-state index contributed by atoms with van der Waals surface area (Å²) in [5.41, 5.74) is 1.13. The minimum Gasteiger partial charge on any atom is -0.497 e. The van der Waals surface area contributed by atoms with Crippen molar-refractivity contribution in [2.45, 2.75) is 43.4 Å². The fourth-order valence-corrected chi connectivity index (χ4v) is 6.05. The minimum absolute atomic E-state index is 0.0165. The number of hydrogen-bond acceptors (Lipinski definition) is 6. The number of halogens is 4. The lowest BCUT2D eigenvalue weighted by Gasteiger charge is -2.41. The Labute approximate surface area is 223 Å². The first kappa shape index (κ1) is 28.6. The van der Waals surface area contributed by atoms with E-state index in [1.165, 1.54) is 18.0 Å². The van der Waals surface area contributed by atoms with E-state index >= 15 is 0 Å². The number of thioether (sulfide) groups is 1. The largest absolute Gasteiger partial charge is 0.497 e. The van der Waals surface area contributed by atoms with Crippen LogP contribution in [0, 0.1) is 22.9 Å². The van der Waals surface area contributed by atoms with Crippen molar-refractivity contribution in [3.63, 3.8) is 0 Å². The fourth-order valence-electron chi connectivity index (χ4n) is 5.09. The number of likely N-dealkylation sites (tertiary alicyclic amines) is 1. The molecule has 2 N–H and O–H groups in total. The van der Waals surface area contributed by atoms with E-state index in [9.17, 15) is 27.8 Å². The van der Waals surface area contributed by atoms with Crippen LogP contribution in [-0.2, 0) is 6.67 Å². The topological polar surface area (TPSA) is 65.8 Å². The Bertz CT molecular complexity index is 1230. The summed E-state index contributed by atoms with van der Waals surface area (Å²) in [6.45, 7) is 1.38. The quantitative estimate of drug-likeness (QED) is 0.178. The predicted octanol–water partition coefficient (Wildman–Crippen LogP) is 5.81. The summed E-state index contributed by atoms with van der Waals surface area (Å²) < 4.78 is 59.1. The Balaban J connectivity index is 1.34. The summed E-state index contributed by atoms with van der Waals surface area (Å²) in [5, 5.41) is 22.1. The number of aromatic nitrogens is 1. The number of piperidine rings is 1. The zero-order valence-electron chi connectivity index (χ0n) is 21.2. The second kappa shape index (κ2) is 12.6. The maximum Gasteiger partial charge on any atom is 0.194 e. The average Bonchev–Trinajstić information content (AvgIpc) is 2.94. The van der Waals surface area contributed by atoms with Crippen molar-refractivity contribution in [1.82, 2.24) is 9.88 Å². The van der Waals surface area contributed by atoms with E-state index < -0.39 is 30.2 Å². The van der Waals surface area contributed by atoms with Gasteiger partial charge in [0.1, 0.15) is 12.4 Å². The lowest BCUT2D eigenvalue weighted by Crippen LogP contribution is -2.43. The van der Waals surface area contributed by atoms with E-state index in [4.69, 9.17) is 4.74 Å². The third-order valence-electron chi connectivity index (χ3n) is 7.51. The first-order valence-electron chi connectivity index (χ1n) is 12.6. The lowest BCUT2D eigenvalue weighted by atomic mass is 9.74. The molecule has 0 amide bonds. The van der Waals surface area contributed by atoms with Gasteiger partial charge in [0.25, 0.3) is 0 Å². The van der Waals surface area contributed by atoms with E-state index in [-0.39, 0.29) is 12.0 Å². The summed E-state index contributed by atoms with van der Waals surface area (Å²) in [5.74, 6) is -2.68. The van der Waals surface area contributed by atoms with E-state index in [1.54, 1.807) is 25.3 Å². The zero-order chi connectivity index (χ0) is 27.3. The highest BCUT2D eigenvalue weighted by Gasteiger charge is 2.34. The van der Waals surface area contributed by atoms with Gasteiger partial charge in [-0.3, -0.25) is 4.98 Å². The minimum atomic E-state index is -1.46. The van der Waals surface area contributed by atoms with Crippen molar-refractivity contribution in [1.29, 1.82) is 0 Å². The van der Waals surface area contributed by atoms with Crippen molar-refractivity contribution in [2.75, 3.05) is 39.1 Å². The molecule has 0 unspecified atom stereocenters. The number of methoxy groups -OCH3 is 1. The van der Waals surface area contributed by atoms with E-state index in [2.05, 4.69) is 9.88 Å². The Morgan fingerprint density at radius 2 is 1.84 bits per heavy atom. The van der Waals surface area contributed by atoms with Crippen LogP contribution in [0.15, 0.2) is 41.4 Å². The zero-order valence-corrected chi connectivity index (χ0v) is 22.0. The number of fused-ring (bicyclic) bond motifs is 1. The van der Waals surface area contributed by atoms with Gasteiger partial charge in [0.15, 0.2) is 17.5 Å². The SMILES string of the molecule is COc1ccc2ncc(CF)c([C@@H](O)CCC3(CO)CCN(CCSc4cc(F)c(F)c(F)c4)CC3)c2c1. The number of nitrogens with zero attached hydrogens (tertiary/aromatic N) is 2. The van der Waals surface area contributed by atoms with Gasteiger partial charge >= 0.3 is 0 Å². The molecule has 1 saturated heterocycles. The Morgan fingerprint density at radius 1 is 1.13 bits per heavy atom. The molecular formula is C28H32F4N2O3S. The number of benzene rings is 2. The van der Waals surface area contributed by atoms with Crippen LogP contribution in [0.25, 0.3) is 10.9 Å². The van der Waals surface area contributed by atoms with Crippen LogP contribution in [0.4, 0.5) is 17.6 Å². The first-order chi connectivity index (χ1) is 18.3. The van der Waals surface area contributed by atoms with Crippen molar-refractivity contribution in [3.05, 3.63) is 65.1 Å². The van der Waals surface area contributed by atoms with Crippen LogP contribution in [0.2, 0.25) is 0 Å². The van der Waals surface area contributed by atoms with E-state index in [0.717, 1.165) is 38.1 Å². The first-order valence-corrected chi connectivity index (χ1v) is 13.6. The van der Waals surface area contributed by atoms with Crippen molar-refractivity contribution in [3.8, 4) is 5.75 Å². The van der Waals surface area contributed by atoms with Crippen LogP contribution in [0.3, 0.4) is 0 Å². The molecule has 0 saturated carbocycles. The van der Waals surface area contributed by atoms with Gasteiger partial charge in [-0.05, 0) is 80.1 Å². The summed E-state index contributed by atoms with van der Waals surface area (Å²) in [7, 11) is 1.54. The normalized spacial score (nSPS) is 16.6. The monoisotopic (exact) mass is 552 g/mol. The molecule has 1 aliphatic rings. The number of aliphatic hydroxyl groups excluding tert-OH is 2. The second-order valence-electron chi connectivity index (χ2n) is 9.82. The maximum atomic E-state index is 13.8. The van der Waals surface area contributed by atoms with Crippen LogP contribution < -0.4 is 4.74 Å². The average molecular weight is 553 g/mol. The van der Waals surface area contributed by atoms with E-state index in [0.29, 0.717) is 57.8 Å². The molecule has 3 aromatic rings. The molecule has 5 nitrogen and oxygen atoms in total. The smallest absolute Gasteiger partial charge is 0.194 e. The Morgan fingerprint density at radius 3 is 2.47 bits per heavy atom. The third kappa shape index (κ3) is 6.42. The molecule has 206 valence electrons. The summed E-state index contributed by atoms with van der Waals surface area (Å²) in [6, 6.07) is 7.30. The molecule has 1 fully saturated rings. The molecule has 0 radical (unpaired) electrons. The molecule has 0 aliphatic carbocycles. The van der Waals surface area contributed by atoms with Gasteiger partial charge in [0.2, 0.25) is 0 Å². The lowest BCUT2D eigenvalue weighted by molar-refractivity contribution is 0.0253. The van der Waals surface area contributed by atoms with Gasteiger partial charge in [0, 0.05) is 40.9 Å². The number of hydrogen-bond donors (Lipinski definition) is 2. The standard InChI is InChI=1S/C28H32F4N2O3S/c1-37-19-2-3-24-21(12-19)26(18(15-29)16-33-24)25(36)4-5-28(17-35)6-8-34(9-7-28)10-11-38-20-13-22(30)27(32)23(31)14-20/h2-3,12-14,16,25,35-36H,4-11,15,17H2,1H3/t25-/m0/s1. The van der Waals surface area contributed by atoms with Crippen LogP contribution in [0.1, 0.15) is 42.9 Å². The van der Waals surface area contributed by atoms with Crippen LogP contribution in [-0.4, -0.2) is 59.2 Å². The van der Waals surface area contributed by atoms with E-state index in [1.807, 2.05) is 0 Å². The summed E-state index contributed by atoms with van der Waals surface area (Å²) >= 11 is 1.26. The van der Waals surface area contributed by atoms with Crippen molar-refractivity contribution in [2.24, 2.45) is 5.41 Å². The molecule has 1 aromatic heterocycles.